The highest BCUT2D eigenvalue weighted by Gasteiger charge is 2.36. The number of benzene rings is 2. The summed E-state index contributed by atoms with van der Waals surface area (Å²) >= 11 is 0. The summed E-state index contributed by atoms with van der Waals surface area (Å²) in [7, 11) is 2.99. The van der Waals surface area contributed by atoms with E-state index in [0.29, 0.717) is 30.1 Å². The monoisotopic (exact) mass is 433 g/mol. The molecule has 0 aliphatic carbocycles. The fraction of sp³-hybridized carbons (Fsp3) is 0.364. The predicted octanol–water partition coefficient (Wildman–Crippen LogP) is 3.56. The van der Waals surface area contributed by atoms with Gasteiger partial charge in [0.2, 0.25) is 0 Å². The molecular weight excluding hydrogens is 411 g/mol. The number of carbonyl (C=O) groups is 1. The summed E-state index contributed by atoms with van der Waals surface area (Å²) in [6.07, 6.45) is -4.64. The van der Waals surface area contributed by atoms with E-state index in [0.717, 1.165) is 6.07 Å². The molecule has 1 aliphatic rings. The first-order chi connectivity index (χ1) is 14.8. The highest BCUT2D eigenvalue weighted by molar-refractivity contribution is 5.97. The number of piperazine rings is 1. The van der Waals surface area contributed by atoms with Crippen molar-refractivity contribution >= 4 is 11.6 Å². The van der Waals surface area contributed by atoms with Crippen LogP contribution in [0, 0.1) is 11.3 Å². The maximum atomic E-state index is 13.4. The molecule has 31 heavy (non-hydrogen) atoms. The number of nitrogens with zero attached hydrogens (tertiary/aromatic N) is 3. The van der Waals surface area contributed by atoms with Crippen LogP contribution in [0.5, 0.6) is 5.75 Å². The average molecular weight is 433 g/mol. The van der Waals surface area contributed by atoms with Gasteiger partial charge in [0.05, 0.1) is 42.5 Å². The zero-order valence-electron chi connectivity index (χ0n) is 17.1. The predicted molar refractivity (Wildman–Crippen MR) is 108 cm³/mol. The van der Waals surface area contributed by atoms with Crippen molar-refractivity contribution in [3.8, 4) is 11.8 Å². The Hall–Kier alpha value is -3.25. The maximum Gasteiger partial charge on any atom is 0.417 e. The Morgan fingerprint density at radius 1 is 1.19 bits per heavy atom. The molecule has 164 valence electrons. The van der Waals surface area contributed by atoms with E-state index >= 15 is 0 Å². The van der Waals surface area contributed by atoms with Crippen LogP contribution in [-0.4, -0.2) is 57.3 Å². The van der Waals surface area contributed by atoms with E-state index in [1.54, 1.807) is 40.1 Å². The SMILES string of the molecule is COCC1CN(C(=O)c2ccccc2OC)CCN1c1ccc(C#N)c(C(F)(F)F)c1. The van der Waals surface area contributed by atoms with Gasteiger partial charge in [-0.1, -0.05) is 12.1 Å². The number of nitriles is 1. The van der Waals surface area contributed by atoms with Crippen LogP contribution in [-0.2, 0) is 10.9 Å². The average Bonchev–Trinajstić information content (AvgIpc) is 2.77. The van der Waals surface area contributed by atoms with E-state index < -0.39 is 17.3 Å². The number of halogens is 3. The smallest absolute Gasteiger partial charge is 0.417 e. The van der Waals surface area contributed by atoms with Crippen molar-refractivity contribution in [2.75, 3.05) is 45.4 Å². The largest absolute Gasteiger partial charge is 0.496 e. The molecule has 1 heterocycles. The molecule has 0 bridgehead atoms. The van der Waals surface area contributed by atoms with Gasteiger partial charge in [0, 0.05) is 32.4 Å². The van der Waals surface area contributed by atoms with Crippen molar-refractivity contribution in [1.82, 2.24) is 4.90 Å². The molecule has 0 spiro atoms. The van der Waals surface area contributed by atoms with Gasteiger partial charge in [-0.2, -0.15) is 18.4 Å². The quantitative estimate of drug-likeness (QED) is 0.722. The molecular formula is C22H22F3N3O3. The summed E-state index contributed by atoms with van der Waals surface area (Å²) in [4.78, 5) is 16.5. The third kappa shape index (κ3) is 4.75. The highest BCUT2D eigenvalue weighted by atomic mass is 19.4. The summed E-state index contributed by atoms with van der Waals surface area (Å²) < 4.78 is 50.7. The Labute approximate surface area is 178 Å². The third-order valence-corrected chi connectivity index (χ3v) is 5.23. The molecule has 2 aromatic carbocycles. The second-order valence-electron chi connectivity index (χ2n) is 7.09. The topological polar surface area (TPSA) is 65.8 Å². The van der Waals surface area contributed by atoms with E-state index in [-0.39, 0.29) is 25.1 Å². The first kappa shape index (κ1) is 22.4. The number of alkyl halides is 3. The minimum Gasteiger partial charge on any atom is -0.496 e. The number of rotatable bonds is 5. The van der Waals surface area contributed by atoms with Crippen LogP contribution in [0.2, 0.25) is 0 Å². The van der Waals surface area contributed by atoms with Gasteiger partial charge in [-0.05, 0) is 30.3 Å². The van der Waals surface area contributed by atoms with Crippen LogP contribution >= 0.6 is 0 Å². The van der Waals surface area contributed by atoms with E-state index in [1.807, 2.05) is 0 Å². The number of carbonyl (C=O) groups excluding carboxylic acids is 1. The first-order valence-electron chi connectivity index (χ1n) is 9.59. The second kappa shape index (κ2) is 9.27. The molecule has 6 nitrogen and oxygen atoms in total. The standard InChI is InChI=1S/C22H22F3N3O3/c1-30-14-17-13-27(21(29)18-5-3-4-6-20(18)31-2)9-10-28(17)16-8-7-15(12-26)19(11-16)22(23,24)25/h3-8,11,17H,9-10,13-14H2,1-2H3. The maximum absolute atomic E-state index is 13.4. The van der Waals surface area contributed by atoms with Gasteiger partial charge < -0.3 is 19.3 Å². The Kier molecular flexibility index (Phi) is 6.71. The zero-order valence-corrected chi connectivity index (χ0v) is 17.1. The lowest BCUT2D eigenvalue weighted by Crippen LogP contribution is -2.56. The van der Waals surface area contributed by atoms with E-state index in [1.165, 1.54) is 26.4 Å². The number of ether oxygens (including phenoxy) is 2. The molecule has 1 amide bonds. The zero-order chi connectivity index (χ0) is 22.6. The highest BCUT2D eigenvalue weighted by Crippen LogP contribution is 2.35. The molecule has 1 atom stereocenters. The van der Waals surface area contributed by atoms with Gasteiger partial charge >= 0.3 is 6.18 Å². The Morgan fingerprint density at radius 3 is 2.58 bits per heavy atom. The summed E-state index contributed by atoms with van der Waals surface area (Å²) in [5, 5.41) is 9.03. The minimum absolute atomic E-state index is 0.214. The van der Waals surface area contributed by atoms with E-state index in [4.69, 9.17) is 14.7 Å². The van der Waals surface area contributed by atoms with Gasteiger partial charge in [-0.25, -0.2) is 0 Å². The molecule has 2 aromatic rings. The number of anilines is 1. The lowest BCUT2D eigenvalue weighted by molar-refractivity contribution is -0.137. The number of amides is 1. The molecule has 0 N–H and O–H groups in total. The number of hydrogen-bond acceptors (Lipinski definition) is 5. The number of hydrogen-bond donors (Lipinski definition) is 0. The van der Waals surface area contributed by atoms with Gasteiger partial charge in [0.1, 0.15) is 5.75 Å². The molecule has 0 aromatic heterocycles. The Balaban J connectivity index is 1.87. The Morgan fingerprint density at radius 2 is 1.94 bits per heavy atom. The molecule has 9 heteroatoms. The van der Waals surface area contributed by atoms with Gasteiger partial charge in [0.15, 0.2) is 0 Å². The van der Waals surface area contributed by atoms with Crippen molar-refractivity contribution in [2.24, 2.45) is 0 Å². The summed E-state index contributed by atoms with van der Waals surface area (Å²) in [5.74, 6) is 0.245. The van der Waals surface area contributed by atoms with Crippen molar-refractivity contribution < 1.29 is 27.4 Å². The van der Waals surface area contributed by atoms with Gasteiger partial charge in [0.25, 0.3) is 5.91 Å². The van der Waals surface area contributed by atoms with Gasteiger partial charge in [-0.15, -0.1) is 0 Å². The van der Waals surface area contributed by atoms with Crippen molar-refractivity contribution in [3.05, 3.63) is 59.2 Å². The summed E-state index contributed by atoms with van der Waals surface area (Å²) in [6, 6.07) is 11.8. The summed E-state index contributed by atoms with van der Waals surface area (Å²) in [6.45, 7) is 1.12. The lowest BCUT2D eigenvalue weighted by atomic mass is 10.0. The van der Waals surface area contributed by atoms with Crippen molar-refractivity contribution in [3.63, 3.8) is 0 Å². The second-order valence-corrected chi connectivity index (χ2v) is 7.09. The van der Waals surface area contributed by atoms with Crippen molar-refractivity contribution in [1.29, 1.82) is 5.26 Å². The molecule has 1 saturated heterocycles. The number of methoxy groups -OCH3 is 2. The van der Waals surface area contributed by atoms with E-state index in [2.05, 4.69) is 0 Å². The molecule has 1 unspecified atom stereocenters. The first-order valence-corrected chi connectivity index (χ1v) is 9.59. The van der Waals surface area contributed by atoms with Crippen LogP contribution < -0.4 is 9.64 Å². The molecule has 1 fully saturated rings. The summed E-state index contributed by atoms with van der Waals surface area (Å²) in [5.41, 5.74) is -0.647. The fourth-order valence-electron chi connectivity index (χ4n) is 3.75. The Bertz CT molecular complexity index is 988. The van der Waals surface area contributed by atoms with Crippen LogP contribution in [0.3, 0.4) is 0 Å². The molecule has 1 aliphatic heterocycles. The minimum atomic E-state index is -4.64. The third-order valence-electron chi connectivity index (χ3n) is 5.23. The van der Waals surface area contributed by atoms with E-state index in [9.17, 15) is 18.0 Å². The number of para-hydroxylation sites is 1. The van der Waals surface area contributed by atoms with Crippen LogP contribution in [0.15, 0.2) is 42.5 Å². The van der Waals surface area contributed by atoms with Crippen LogP contribution in [0.4, 0.5) is 18.9 Å². The normalized spacial score (nSPS) is 16.7. The molecule has 3 rings (SSSR count). The van der Waals surface area contributed by atoms with Crippen LogP contribution in [0.1, 0.15) is 21.5 Å². The van der Waals surface area contributed by atoms with Gasteiger partial charge in [-0.3, -0.25) is 4.79 Å². The fourth-order valence-corrected chi connectivity index (χ4v) is 3.75. The molecule has 0 saturated carbocycles. The lowest BCUT2D eigenvalue weighted by Gasteiger charge is -2.42. The molecule has 0 radical (unpaired) electrons. The van der Waals surface area contributed by atoms with Crippen molar-refractivity contribution in [2.45, 2.75) is 12.2 Å². The van der Waals surface area contributed by atoms with Crippen LogP contribution in [0.25, 0.3) is 0 Å².